The summed E-state index contributed by atoms with van der Waals surface area (Å²) in [6.45, 7) is 1.35. The van der Waals surface area contributed by atoms with Crippen molar-refractivity contribution in [1.29, 1.82) is 0 Å². The van der Waals surface area contributed by atoms with Crippen molar-refractivity contribution in [2.24, 2.45) is 0 Å². The number of hydrogen-bond donors (Lipinski definition) is 1. The van der Waals surface area contributed by atoms with E-state index in [1.165, 1.54) is 0 Å². The van der Waals surface area contributed by atoms with Gasteiger partial charge < -0.3 is 9.88 Å². The molecular weight excluding hydrogens is 274 g/mol. The van der Waals surface area contributed by atoms with Crippen LogP contribution in [0.25, 0.3) is 23.2 Å². The molecule has 1 aliphatic rings. The van der Waals surface area contributed by atoms with Gasteiger partial charge in [0.1, 0.15) is 5.82 Å². The van der Waals surface area contributed by atoms with Crippen LogP contribution in [0.3, 0.4) is 0 Å². The highest BCUT2D eigenvalue weighted by Crippen LogP contribution is 2.23. The summed E-state index contributed by atoms with van der Waals surface area (Å²) >= 11 is 0. The number of amides is 1. The molecule has 0 unspecified atom stereocenters. The van der Waals surface area contributed by atoms with E-state index in [4.69, 9.17) is 0 Å². The van der Waals surface area contributed by atoms with Crippen molar-refractivity contribution >= 4 is 29.1 Å². The van der Waals surface area contributed by atoms with Crippen LogP contribution in [0.5, 0.6) is 0 Å². The molecule has 0 saturated heterocycles. The Labute approximate surface area is 128 Å². The van der Waals surface area contributed by atoms with Gasteiger partial charge in [-0.25, -0.2) is 4.98 Å². The maximum absolute atomic E-state index is 12.1. The number of hydrogen-bond acceptors (Lipinski definition) is 2. The van der Waals surface area contributed by atoms with Crippen LogP contribution in [0.4, 0.5) is 0 Å². The third-order valence-electron chi connectivity index (χ3n) is 3.89. The molecule has 1 amide bonds. The third kappa shape index (κ3) is 2.09. The molecule has 0 saturated carbocycles. The molecule has 4 rings (SSSR count). The van der Waals surface area contributed by atoms with Gasteiger partial charge in [-0.15, -0.1) is 0 Å². The Bertz CT molecular complexity index is 878. The number of nitrogens with one attached hydrogen (secondary N) is 1. The first kappa shape index (κ1) is 12.8. The van der Waals surface area contributed by atoms with E-state index in [-0.39, 0.29) is 5.91 Å². The smallest absolute Gasteiger partial charge is 0.253 e. The maximum Gasteiger partial charge on any atom is 0.253 e. The Kier molecular flexibility index (Phi) is 3.00. The van der Waals surface area contributed by atoms with Crippen LogP contribution < -0.4 is 5.32 Å². The van der Waals surface area contributed by atoms with Crippen molar-refractivity contribution in [1.82, 2.24) is 14.9 Å². The Morgan fingerprint density at radius 3 is 2.77 bits per heavy atom. The summed E-state index contributed by atoms with van der Waals surface area (Å²) in [6, 6.07) is 15.8. The number of carbonyl (C=O) groups excluding carboxylic acids is 1. The van der Waals surface area contributed by atoms with Gasteiger partial charge in [0.05, 0.1) is 16.6 Å². The lowest BCUT2D eigenvalue weighted by atomic mass is 10.2. The normalized spacial score (nSPS) is 14.3. The molecule has 2 heterocycles. The summed E-state index contributed by atoms with van der Waals surface area (Å²) in [7, 11) is 0. The molecule has 0 fully saturated rings. The summed E-state index contributed by atoms with van der Waals surface area (Å²) in [6.07, 6.45) is 4.05. The first-order chi connectivity index (χ1) is 10.8. The van der Waals surface area contributed by atoms with Crippen LogP contribution in [0, 0.1) is 0 Å². The number of nitrogens with zero attached hydrogens (tertiary/aromatic N) is 2. The Hall–Kier alpha value is -2.88. The van der Waals surface area contributed by atoms with E-state index < -0.39 is 0 Å². The van der Waals surface area contributed by atoms with Gasteiger partial charge in [-0.3, -0.25) is 4.79 Å². The molecule has 108 valence electrons. The van der Waals surface area contributed by atoms with E-state index in [1.807, 2.05) is 48.6 Å². The van der Waals surface area contributed by atoms with E-state index in [0.29, 0.717) is 12.1 Å². The van der Waals surface area contributed by atoms with Crippen LogP contribution in [0.15, 0.2) is 48.5 Å². The average molecular weight is 289 g/mol. The summed E-state index contributed by atoms with van der Waals surface area (Å²) in [5, 5.41) is 2.93. The van der Waals surface area contributed by atoms with E-state index in [2.05, 4.69) is 27.0 Å². The lowest BCUT2D eigenvalue weighted by Crippen LogP contribution is -2.24. The summed E-state index contributed by atoms with van der Waals surface area (Å²) < 4.78 is 2.11. The molecule has 4 nitrogen and oxygen atoms in total. The topological polar surface area (TPSA) is 46.9 Å². The van der Waals surface area contributed by atoms with Crippen molar-refractivity contribution < 1.29 is 4.79 Å². The van der Waals surface area contributed by atoms with E-state index >= 15 is 0 Å². The van der Waals surface area contributed by atoms with Gasteiger partial charge in [-0.05, 0) is 23.8 Å². The number of benzene rings is 2. The molecule has 0 bridgehead atoms. The van der Waals surface area contributed by atoms with Gasteiger partial charge in [0, 0.05) is 13.1 Å². The van der Waals surface area contributed by atoms with E-state index in [9.17, 15) is 4.79 Å². The van der Waals surface area contributed by atoms with Gasteiger partial charge in [-0.2, -0.15) is 0 Å². The van der Waals surface area contributed by atoms with Crippen LogP contribution in [0.1, 0.15) is 21.7 Å². The monoisotopic (exact) mass is 289 g/mol. The Balaban J connectivity index is 1.85. The highest BCUT2D eigenvalue weighted by atomic mass is 16.1. The lowest BCUT2D eigenvalue weighted by molar-refractivity contribution is 0.0956. The second-order valence-electron chi connectivity index (χ2n) is 5.29. The van der Waals surface area contributed by atoms with Gasteiger partial charge in [0.25, 0.3) is 5.91 Å². The van der Waals surface area contributed by atoms with Crippen molar-refractivity contribution in [2.75, 3.05) is 6.54 Å². The number of imidazole rings is 1. The largest absolute Gasteiger partial charge is 0.350 e. The molecule has 4 heteroatoms. The number of aromatic nitrogens is 2. The Morgan fingerprint density at radius 2 is 1.91 bits per heavy atom. The second kappa shape index (κ2) is 5.15. The zero-order chi connectivity index (χ0) is 14.9. The summed E-state index contributed by atoms with van der Waals surface area (Å²) in [5.74, 6) is 0.852. The molecule has 0 spiro atoms. The fraction of sp³-hybridized carbons (Fsp3) is 0.111. The Morgan fingerprint density at radius 1 is 1.05 bits per heavy atom. The van der Waals surface area contributed by atoms with E-state index in [0.717, 1.165) is 29.0 Å². The SMILES string of the molecule is O=C1NCCn2c(/C=C/c3ccccc3)nc3cccc1c32. The molecule has 1 N–H and O–H groups in total. The van der Waals surface area contributed by atoms with Crippen LogP contribution in [-0.4, -0.2) is 22.0 Å². The number of rotatable bonds is 2. The first-order valence-corrected chi connectivity index (χ1v) is 7.33. The zero-order valence-corrected chi connectivity index (χ0v) is 12.0. The molecule has 3 aromatic rings. The van der Waals surface area contributed by atoms with Crippen LogP contribution in [-0.2, 0) is 6.54 Å². The standard InChI is InChI=1S/C18H15N3O/c22-18-14-7-4-8-15-17(14)21(12-11-19-18)16(20-15)10-9-13-5-2-1-3-6-13/h1-10H,11-12H2,(H,19,22)/b10-9+. The average Bonchev–Trinajstić information content (AvgIpc) is 2.82. The first-order valence-electron chi connectivity index (χ1n) is 7.33. The molecule has 0 radical (unpaired) electrons. The fourth-order valence-electron chi connectivity index (χ4n) is 2.85. The van der Waals surface area contributed by atoms with E-state index in [1.54, 1.807) is 0 Å². The minimum atomic E-state index is -0.0251. The van der Waals surface area contributed by atoms with Gasteiger partial charge in [0.15, 0.2) is 0 Å². The molecule has 1 aliphatic heterocycles. The quantitative estimate of drug-likeness (QED) is 0.788. The predicted octanol–water partition coefficient (Wildman–Crippen LogP) is 2.95. The number of para-hydroxylation sites is 1. The summed E-state index contributed by atoms with van der Waals surface area (Å²) in [4.78, 5) is 16.8. The predicted molar refractivity (Wildman–Crippen MR) is 87.4 cm³/mol. The van der Waals surface area contributed by atoms with Crippen molar-refractivity contribution in [3.8, 4) is 0 Å². The second-order valence-corrected chi connectivity index (χ2v) is 5.29. The minimum Gasteiger partial charge on any atom is -0.350 e. The molecule has 1 aromatic heterocycles. The number of carbonyl (C=O) groups is 1. The zero-order valence-electron chi connectivity index (χ0n) is 12.0. The molecule has 22 heavy (non-hydrogen) atoms. The van der Waals surface area contributed by atoms with Gasteiger partial charge >= 0.3 is 0 Å². The van der Waals surface area contributed by atoms with Crippen LogP contribution >= 0.6 is 0 Å². The highest BCUT2D eigenvalue weighted by molar-refractivity contribution is 6.05. The van der Waals surface area contributed by atoms with Gasteiger partial charge in [-0.1, -0.05) is 42.5 Å². The van der Waals surface area contributed by atoms with Crippen LogP contribution in [0.2, 0.25) is 0 Å². The lowest BCUT2D eigenvalue weighted by Gasteiger charge is -2.03. The van der Waals surface area contributed by atoms with Crippen molar-refractivity contribution in [2.45, 2.75) is 6.54 Å². The molecular formula is C18H15N3O. The molecule has 0 aliphatic carbocycles. The van der Waals surface area contributed by atoms with Crippen molar-refractivity contribution in [3.05, 3.63) is 65.5 Å². The summed E-state index contributed by atoms with van der Waals surface area (Å²) in [5.41, 5.74) is 3.61. The maximum atomic E-state index is 12.1. The molecule has 2 aromatic carbocycles. The van der Waals surface area contributed by atoms with Crippen molar-refractivity contribution in [3.63, 3.8) is 0 Å². The third-order valence-corrected chi connectivity index (χ3v) is 3.89. The van der Waals surface area contributed by atoms with Gasteiger partial charge in [0.2, 0.25) is 0 Å². The highest BCUT2D eigenvalue weighted by Gasteiger charge is 2.19. The molecule has 0 atom stereocenters. The minimum absolute atomic E-state index is 0.0251. The fourth-order valence-corrected chi connectivity index (χ4v) is 2.85.